The summed E-state index contributed by atoms with van der Waals surface area (Å²) < 4.78 is 38.7. The summed E-state index contributed by atoms with van der Waals surface area (Å²) in [6.07, 6.45) is -4.67. The number of halogens is 4. The minimum absolute atomic E-state index is 0.117. The maximum atomic E-state index is 13.0. The Bertz CT molecular complexity index is 988. The smallest absolute Gasteiger partial charge is 0.318 e. The third-order valence-electron chi connectivity index (χ3n) is 3.55. The van der Waals surface area contributed by atoms with E-state index in [0.717, 1.165) is 6.07 Å². The normalized spacial score (nSPS) is 15.3. The maximum Gasteiger partial charge on any atom is 0.416 e. The minimum atomic E-state index is -4.67. The molecule has 0 saturated carbocycles. The van der Waals surface area contributed by atoms with Crippen molar-refractivity contribution in [2.75, 3.05) is 5.32 Å². The molecular formula is C17H8BrF3N2O4. The van der Waals surface area contributed by atoms with Crippen LogP contribution in [0.25, 0.3) is 0 Å². The van der Waals surface area contributed by atoms with E-state index >= 15 is 0 Å². The highest BCUT2D eigenvalue weighted by atomic mass is 79.9. The van der Waals surface area contributed by atoms with Crippen molar-refractivity contribution < 1.29 is 32.4 Å². The van der Waals surface area contributed by atoms with Gasteiger partial charge in [0.15, 0.2) is 5.71 Å². The molecule has 27 heavy (non-hydrogen) atoms. The van der Waals surface area contributed by atoms with Gasteiger partial charge in [-0.1, -0.05) is 23.4 Å². The summed E-state index contributed by atoms with van der Waals surface area (Å²) in [6, 6.07) is 9.11. The number of oxime groups is 1. The van der Waals surface area contributed by atoms with Gasteiger partial charge in [-0.25, -0.2) is 4.79 Å². The summed E-state index contributed by atoms with van der Waals surface area (Å²) in [5.41, 5.74) is -1.88. The largest absolute Gasteiger partial charge is 0.416 e. The lowest BCUT2D eigenvalue weighted by Gasteiger charge is -2.20. The number of ketones is 1. The lowest BCUT2D eigenvalue weighted by Crippen LogP contribution is -2.37. The van der Waals surface area contributed by atoms with Gasteiger partial charge in [0.2, 0.25) is 0 Å². The molecular weight excluding hydrogens is 433 g/mol. The molecule has 2 aromatic rings. The number of benzene rings is 2. The van der Waals surface area contributed by atoms with Crippen LogP contribution in [0.5, 0.6) is 0 Å². The fraction of sp³-hybridized carbons (Fsp3) is 0.0588. The Kier molecular flexibility index (Phi) is 4.83. The predicted molar refractivity (Wildman–Crippen MR) is 91.2 cm³/mol. The Morgan fingerprint density at radius 1 is 1.11 bits per heavy atom. The molecule has 1 aliphatic rings. The lowest BCUT2D eigenvalue weighted by molar-refractivity contribution is -0.137. The van der Waals surface area contributed by atoms with Crippen LogP contribution < -0.4 is 5.32 Å². The summed E-state index contributed by atoms with van der Waals surface area (Å²) in [6.45, 7) is 0. The van der Waals surface area contributed by atoms with Gasteiger partial charge in [-0.05, 0) is 40.2 Å². The first-order chi connectivity index (χ1) is 12.7. The summed E-state index contributed by atoms with van der Waals surface area (Å²) >= 11 is 2.94. The first-order valence-corrected chi connectivity index (χ1v) is 8.09. The summed E-state index contributed by atoms with van der Waals surface area (Å²) in [5, 5.41) is 5.50. The molecule has 10 heteroatoms. The molecule has 0 unspecified atom stereocenters. The molecule has 1 heterocycles. The summed E-state index contributed by atoms with van der Waals surface area (Å²) in [4.78, 5) is 40.5. The molecule has 0 fully saturated rings. The number of hydrogen-bond acceptors (Lipinski definition) is 5. The molecule has 0 radical (unpaired) electrons. The van der Waals surface area contributed by atoms with Crippen LogP contribution in [0.15, 0.2) is 52.1 Å². The quantitative estimate of drug-likeness (QED) is 0.439. The number of Topliss-reactive ketones (excluding diaryl/α,β-unsaturated/α-hetero) is 1. The fourth-order valence-corrected chi connectivity index (χ4v) is 2.96. The molecule has 1 aliphatic heterocycles. The van der Waals surface area contributed by atoms with Crippen LogP contribution >= 0.6 is 15.9 Å². The molecule has 0 aromatic heterocycles. The van der Waals surface area contributed by atoms with E-state index < -0.39 is 35.1 Å². The summed E-state index contributed by atoms with van der Waals surface area (Å²) in [5.74, 6) is -3.24. The number of amides is 1. The molecule has 0 aliphatic carbocycles. The molecule has 0 spiro atoms. The maximum absolute atomic E-state index is 13.0. The molecule has 1 N–H and O–H groups in total. The van der Waals surface area contributed by atoms with Gasteiger partial charge in [-0.15, -0.1) is 0 Å². The second-order valence-electron chi connectivity index (χ2n) is 5.35. The number of nitrogens with one attached hydrogen (secondary N) is 1. The first-order valence-electron chi connectivity index (χ1n) is 7.29. The van der Waals surface area contributed by atoms with E-state index in [0.29, 0.717) is 6.07 Å². The van der Waals surface area contributed by atoms with Crippen molar-refractivity contribution in [3.05, 3.63) is 63.6 Å². The van der Waals surface area contributed by atoms with Crippen LogP contribution in [-0.4, -0.2) is 23.4 Å². The van der Waals surface area contributed by atoms with E-state index in [-0.39, 0.29) is 21.3 Å². The van der Waals surface area contributed by atoms with Crippen molar-refractivity contribution in [1.29, 1.82) is 0 Å². The van der Waals surface area contributed by atoms with E-state index in [2.05, 4.69) is 26.4 Å². The Morgan fingerprint density at radius 2 is 1.78 bits per heavy atom. The molecule has 2 aromatic carbocycles. The van der Waals surface area contributed by atoms with Crippen molar-refractivity contribution in [1.82, 2.24) is 0 Å². The Balaban J connectivity index is 2.03. The number of carbonyl (C=O) groups is 3. The number of fused-ring (bicyclic) bond motifs is 1. The van der Waals surface area contributed by atoms with Gasteiger partial charge in [0.05, 0.1) is 16.8 Å². The van der Waals surface area contributed by atoms with E-state index in [9.17, 15) is 27.6 Å². The number of rotatable bonds is 2. The van der Waals surface area contributed by atoms with E-state index in [1.54, 1.807) is 18.2 Å². The zero-order valence-corrected chi connectivity index (χ0v) is 14.7. The standard InChI is InChI=1S/C17H8BrF3N2O4/c18-10-6-9(17(19,20)21)7-11-12(10)13(14(24)15(25)22-11)23-27-16(26)8-4-2-1-3-5-8/h1-7H,(H,22,25). The Morgan fingerprint density at radius 3 is 2.41 bits per heavy atom. The topological polar surface area (TPSA) is 84.8 Å². The van der Waals surface area contributed by atoms with Crippen molar-refractivity contribution in [3.63, 3.8) is 0 Å². The number of nitrogens with zero attached hydrogens (tertiary/aromatic N) is 1. The van der Waals surface area contributed by atoms with Crippen LogP contribution in [0.2, 0.25) is 0 Å². The SMILES string of the molecule is O=C1Nc2cc(C(F)(F)F)cc(Br)c2C(=NOC(=O)c2ccccc2)C1=O. The third kappa shape index (κ3) is 3.75. The first kappa shape index (κ1) is 18.8. The van der Waals surface area contributed by atoms with Gasteiger partial charge in [-0.3, -0.25) is 9.59 Å². The molecule has 0 atom stereocenters. The average molecular weight is 441 g/mol. The zero-order chi connectivity index (χ0) is 19.8. The van der Waals surface area contributed by atoms with Crippen LogP contribution in [0.3, 0.4) is 0 Å². The molecule has 0 saturated heterocycles. The second kappa shape index (κ2) is 6.95. The van der Waals surface area contributed by atoms with E-state index in [4.69, 9.17) is 4.84 Å². The monoisotopic (exact) mass is 440 g/mol. The highest BCUT2D eigenvalue weighted by molar-refractivity contribution is 9.10. The van der Waals surface area contributed by atoms with Crippen LogP contribution in [0.1, 0.15) is 21.5 Å². The highest BCUT2D eigenvalue weighted by Gasteiger charge is 2.37. The van der Waals surface area contributed by atoms with Gasteiger partial charge in [0.1, 0.15) is 0 Å². The highest BCUT2D eigenvalue weighted by Crippen LogP contribution is 2.37. The molecule has 3 rings (SSSR count). The number of anilines is 1. The third-order valence-corrected chi connectivity index (χ3v) is 4.18. The molecule has 6 nitrogen and oxygen atoms in total. The van der Waals surface area contributed by atoms with Crippen molar-refractivity contribution >= 4 is 45.0 Å². The molecule has 0 bridgehead atoms. The van der Waals surface area contributed by atoms with Gasteiger partial charge < -0.3 is 10.2 Å². The number of alkyl halides is 3. The number of hydrogen-bond donors (Lipinski definition) is 1. The van der Waals surface area contributed by atoms with E-state index in [1.807, 2.05) is 0 Å². The Hall–Kier alpha value is -3.01. The van der Waals surface area contributed by atoms with Gasteiger partial charge in [-0.2, -0.15) is 13.2 Å². The molecule has 1 amide bonds. The van der Waals surface area contributed by atoms with Crippen LogP contribution in [0.4, 0.5) is 18.9 Å². The van der Waals surface area contributed by atoms with E-state index in [1.165, 1.54) is 12.1 Å². The van der Waals surface area contributed by atoms with Gasteiger partial charge >= 0.3 is 12.1 Å². The average Bonchev–Trinajstić information content (AvgIpc) is 2.62. The molecule has 138 valence electrons. The van der Waals surface area contributed by atoms with Crippen LogP contribution in [0, 0.1) is 0 Å². The van der Waals surface area contributed by atoms with Crippen molar-refractivity contribution in [3.8, 4) is 0 Å². The number of carbonyl (C=O) groups excluding carboxylic acids is 3. The van der Waals surface area contributed by atoms with Crippen molar-refractivity contribution in [2.24, 2.45) is 5.16 Å². The zero-order valence-electron chi connectivity index (χ0n) is 13.1. The van der Waals surface area contributed by atoms with Crippen LogP contribution in [-0.2, 0) is 20.6 Å². The van der Waals surface area contributed by atoms with Gasteiger partial charge in [0.25, 0.3) is 11.7 Å². The van der Waals surface area contributed by atoms with Crippen molar-refractivity contribution in [2.45, 2.75) is 6.18 Å². The minimum Gasteiger partial charge on any atom is -0.318 e. The fourth-order valence-electron chi connectivity index (χ4n) is 2.31. The second-order valence-corrected chi connectivity index (χ2v) is 6.20. The predicted octanol–water partition coefficient (Wildman–Crippen LogP) is 3.55. The van der Waals surface area contributed by atoms with Gasteiger partial charge in [0, 0.05) is 10.0 Å². The summed E-state index contributed by atoms with van der Waals surface area (Å²) in [7, 11) is 0. The Labute approximate surface area is 158 Å². The lowest BCUT2D eigenvalue weighted by atomic mass is 9.97.